The number of primary amides is 1. The summed E-state index contributed by atoms with van der Waals surface area (Å²) in [6.07, 6.45) is 8.54. The van der Waals surface area contributed by atoms with Crippen LogP contribution in [0.3, 0.4) is 0 Å². The first kappa shape index (κ1) is 14.5. The normalized spacial score (nSPS) is 20.0. The Hall–Kier alpha value is -2.08. The molecule has 4 rings (SSSR count). The number of hydrogen-bond acceptors (Lipinski definition) is 3. The first-order valence-corrected chi connectivity index (χ1v) is 8.86. The van der Waals surface area contributed by atoms with Crippen LogP contribution >= 0.6 is 11.3 Å². The van der Waals surface area contributed by atoms with Crippen molar-refractivity contribution in [2.45, 2.75) is 38.1 Å². The highest BCUT2D eigenvalue weighted by Crippen LogP contribution is 2.39. The van der Waals surface area contributed by atoms with Crippen LogP contribution in [0.15, 0.2) is 24.5 Å². The van der Waals surface area contributed by atoms with E-state index in [-0.39, 0.29) is 5.91 Å². The van der Waals surface area contributed by atoms with Gasteiger partial charge in [-0.25, -0.2) is 0 Å². The average molecular weight is 329 g/mol. The van der Waals surface area contributed by atoms with E-state index in [1.165, 1.54) is 10.4 Å². The van der Waals surface area contributed by atoms with Crippen molar-refractivity contribution in [3.05, 3.63) is 40.5 Å². The van der Waals surface area contributed by atoms with E-state index < -0.39 is 11.9 Å². The summed E-state index contributed by atoms with van der Waals surface area (Å²) in [6.45, 7) is 0.613. The van der Waals surface area contributed by atoms with Crippen molar-refractivity contribution in [3.63, 3.8) is 0 Å². The van der Waals surface area contributed by atoms with E-state index >= 15 is 0 Å². The van der Waals surface area contributed by atoms with Crippen LogP contribution in [0.25, 0.3) is 5.00 Å². The number of hydrogen-bond donors (Lipinski definition) is 1. The molecule has 2 aromatic heterocycles. The van der Waals surface area contributed by atoms with Gasteiger partial charge in [0, 0.05) is 23.8 Å². The lowest BCUT2D eigenvalue weighted by Crippen LogP contribution is -2.44. The number of aryl methyl sites for hydroxylation is 1. The molecular formula is C17H19N3O2S. The second-order valence-corrected chi connectivity index (χ2v) is 7.27. The fourth-order valence-electron chi connectivity index (χ4n) is 3.71. The predicted octanol–water partition coefficient (Wildman–Crippen LogP) is 2.12. The summed E-state index contributed by atoms with van der Waals surface area (Å²) in [5.41, 5.74) is 7.45. The van der Waals surface area contributed by atoms with E-state index in [9.17, 15) is 9.59 Å². The maximum atomic E-state index is 13.2. The largest absolute Gasteiger partial charge is 0.368 e. The molecular weight excluding hydrogens is 310 g/mol. The Morgan fingerprint density at radius 3 is 2.70 bits per heavy atom. The van der Waals surface area contributed by atoms with Gasteiger partial charge in [0.1, 0.15) is 11.0 Å². The van der Waals surface area contributed by atoms with E-state index in [4.69, 9.17) is 5.73 Å². The quantitative estimate of drug-likeness (QED) is 0.937. The number of likely N-dealkylation sites (tertiary alicyclic amines) is 1. The fourth-order valence-corrected chi connectivity index (χ4v) is 5.06. The molecule has 0 bridgehead atoms. The molecule has 1 fully saturated rings. The molecule has 1 unspecified atom stereocenters. The van der Waals surface area contributed by atoms with Crippen molar-refractivity contribution in [3.8, 4) is 5.00 Å². The minimum atomic E-state index is -0.461. The van der Waals surface area contributed by atoms with Gasteiger partial charge in [0.2, 0.25) is 5.91 Å². The van der Waals surface area contributed by atoms with E-state index in [0.717, 1.165) is 36.2 Å². The summed E-state index contributed by atoms with van der Waals surface area (Å²) in [6, 6.07) is 3.46. The van der Waals surface area contributed by atoms with Crippen LogP contribution < -0.4 is 5.73 Å². The number of nitrogens with two attached hydrogens (primary N) is 1. The van der Waals surface area contributed by atoms with Crippen molar-refractivity contribution in [1.29, 1.82) is 0 Å². The number of amides is 2. The Morgan fingerprint density at radius 2 is 1.96 bits per heavy atom. The Morgan fingerprint density at radius 1 is 1.17 bits per heavy atom. The third kappa shape index (κ3) is 2.28. The highest BCUT2D eigenvalue weighted by molar-refractivity contribution is 7.15. The van der Waals surface area contributed by atoms with E-state index in [1.54, 1.807) is 16.2 Å². The second-order valence-electron chi connectivity index (χ2n) is 6.19. The van der Waals surface area contributed by atoms with Crippen LogP contribution in [0.1, 0.15) is 40.1 Å². The second kappa shape index (κ2) is 5.53. The van der Waals surface area contributed by atoms with Gasteiger partial charge in [-0.2, -0.15) is 0 Å². The van der Waals surface area contributed by atoms with Gasteiger partial charge in [-0.3, -0.25) is 9.59 Å². The molecule has 1 aliphatic heterocycles. The molecule has 2 aromatic rings. The Kier molecular flexibility index (Phi) is 3.49. The van der Waals surface area contributed by atoms with Crippen LogP contribution in [0.5, 0.6) is 0 Å². The van der Waals surface area contributed by atoms with Crippen LogP contribution in [0, 0.1) is 0 Å². The van der Waals surface area contributed by atoms with Crippen molar-refractivity contribution in [2.24, 2.45) is 5.73 Å². The zero-order valence-corrected chi connectivity index (χ0v) is 13.6. The van der Waals surface area contributed by atoms with Crippen molar-refractivity contribution in [1.82, 2.24) is 9.47 Å². The van der Waals surface area contributed by atoms with Gasteiger partial charge in [0.15, 0.2) is 0 Å². The topological polar surface area (TPSA) is 68.3 Å². The zero-order chi connectivity index (χ0) is 16.0. The number of fused-ring (bicyclic) bond motifs is 1. The third-order valence-corrected chi connectivity index (χ3v) is 6.10. The van der Waals surface area contributed by atoms with Crippen molar-refractivity contribution >= 4 is 23.2 Å². The average Bonchev–Trinajstić information content (AvgIpc) is 3.27. The molecule has 0 saturated carbocycles. The van der Waals surface area contributed by atoms with Gasteiger partial charge in [-0.1, -0.05) is 0 Å². The van der Waals surface area contributed by atoms with Crippen molar-refractivity contribution < 1.29 is 9.59 Å². The summed E-state index contributed by atoms with van der Waals surface area (Å²) < 4.78 is 2.01. The molecule has 1 aliphatic carbocycles. The minimum Gasteiger partial charge on any atom is -0.368 e. The summed E-state index contributed by atoms with van der Waals surface area (Å²) in [7, 11) is 0. The van der Waals surface area contributed by atoms with Crippen LogP contribution in [0.2, 0.25) is 0 Å². The number of thiophene rings is 1. The van der Waals surface area contributed by atoms with Gasteiger partial charge >= 0.3 is 0 Å². The van der Waals surface area contributed by atoms with E-state index in [2.05, 4.69) is 0 Å². The summed E-state index contributed by atoms with van der Waals surface area (Å²) >= 11 is 1.70. The van der Waals surface area contributed by atoms with E-state index in [1.807, 2.05) is 29.1 Å². The number of nitrogens with zero attached hydrogens (tertiary/aromatic N) is 2. The summed E-state index contributed by atoms with van der Waals surface area (Å²) in [4.78, 5) is 27.9. The van der Waals surface area contributed by atoms with Crippen molar-refractivity contribution in [2.75, 3.05) is 6.54 Å². The molecule has 120 valence electrons. The van der Waals surface area contributed by atoms with Crippen LogP contribution in [0.4, 0.5) is 0 Å². The molecule has 0 radical (unpaired) electrons. The Labute approximate surface area is 138 Å². The molecule has 6 heteroatoms. The standard InChI is InChI=1S/C17H19N3O2S/c18-15(21)12-6-4-10-20(12)16(22)14-11-5-3-7-13(11)23-17(14)19-8-1-2-9-19/h1-2,8-9,12H,3-7,10H2,(H2,18,21). The maximum absolute atomic E-state index is 13.2. The minimum absolute atomic E-state index is 0.0330. The lowest BCUT2D eigenvalue weighted by molar-refractivity contribution is -0.121. The number of carbonyl (C=O) groups is 2. The molecule has 2 amide bonds. The fraction of sp³-hybridized carbons (Fsp3) is 0.412. The highest BCUT2D eigenvalue weighted by Gasteiger charge is 2.37. The Bertz CT molecular complexity index is 763. The molecule has 5 nitrogen and oxygen atoms in total. The van der Waals surface area contributed by atoms with Gasteiger partial charge in [0.25, 0.3) is 5.91 Å². The molecule has 2 aliphatic rings. The monoisotopic (exact) mass is 329 g/mol. The van der Waals surface area contributed by atoms with E-state index in [0.29, 0.717) is 13.0 Å². The number of rotatable bonds is 3. The lowest BCUT2D eigenvalue weighted by Gasteiger charge is -2.23. The zero-order valence-electron chi connectivity index (χ0n) is 12.8. The molecule has 1 saturated heterocycles. The van der Waals surface area contributed by atoms with Gasteiger partial charge < -0.3 is 15.2 Å². The SMILES string of the molecule is NC(=O)C1CCCN1C(=O)c1c(-n2cccc2)sc2c1CCC2. The van der Waals surface area contributed by atoms with Gasteiger partial charge in [0.05, 0.1) is 5.56 Å². The molecule has 0 spiro atoms. The maximum Gasteiger partial charge on any atom is 0.257 e. The van der Waals surface area contributed by atoms with Crippen LogP contribution in [-0.2, 0) is 17.6 Å². The molecule has 23 heavy (non-hydrogen) atoms. The summed E-state index contributed by atoms with van der Waals surface area (Å²) in [5, 5.41) is 0.972. The molecule has 1 atom stereocenters. The lowest BCUT2D eigenvalue weighted by atomic mass is 10.1. The first-order chi connectivity index (χ1) is 11.2. The predicted molar refractivity (Wildman–Crippen MR) is 88.9 cm³/mol. The Balaban J connectivity index is 1.79. The number of aromatic nitrogens is 1. The smallest absolute Gasteiger partial charge is 0.257 e. The summed E-state index contributed by atoms with van der Waals surface area (Å²) in [5.74, 6) is -0.431. The van der Waals surface area contributed by atoms with Gasteiger partial charge in [-0.05, 0) is 49.8 Å². The van der Waals surface area contributed by atoms with Gasteiger partial charge in [-0.15, -0.1) is 11.3 Å². The third-order valence-electron chi connectivity index (χ3n) is 4.80. The molecule has 3 heterocycles. The highest BCUT2D eigenvalue weighted by atomic mass is 32.1. The molecule has 2 N–H and O–H groups in total. The first-order valence-electron chi connectivity index (χ1n) is 8.05. The number of carbonyl (C=O) groups excluding carboxylic acids is 2. The van der Waals surface area contributed by atoms with Crippen LogP contribution in [-0.4, -0.2) is 33.9 Å². The molecule has 0 aromatic carbocycles.